The summed E-state index contributed by atoms with van der Waals surface area (Å²) in [5.74, 6) is 0.497. The van der Waals surface area contributed by atoms with E-state index in [1.54, 1.807) is 37.5 Å². The van der Waals surface area contributed by atoms with E-state index in [1.807, 2.05) is 6.26 Å². The van der Waals surface area contributed by atoms with Crippen molar-refractivity contribution < 1.29 is 9.53 Å². The third-order valence-corrected chi connectivity index (χ3v) is 4.05. The predicted molar refractivity (Wildman–Crippen MR) is 81.7 cm³/mol. The summed E-state index contributed by atoms with van der Waals surface area (Å²) in [6.07, 6.45) is 4.19. The van der Waals surface area contributed by atoms with Crippen LogP contribution >= 0.6 is 24.0 Å². The summed E-state index contributed by atoms with van der Waals surface area (Å²) in [7, 11) is 1.60. The Morgan fingerprint density at radius 1 is 1.50 bits per heavy atom. The van der Waals surface area contributed by atoms with Gasteiger partial charge in [-0.1, -0.05) is 18.3 Å². The van der Waals surface area contributed by atoms with Gasteiger partial charge in [-0.2, -0.15) is 0 Å². The molecule has 0 saturated carbocycles. The Labute approximate surface area is 117 Å². The fraction of sp³-hybridized carbons (Fsp3) is 0.286. The molecule has 0 radical (unpaired) electrons. The first kappa shape index (κ1) is 14.9. The summed E-state index contributed by atoms with van der Waals surface area (Å²) >= 11 is 6.68. The van der Waals surface area contributed by atoms with Crippen molar-refractivity contribution in [2.24, 2.45) is 5.92 Å². The lowest BCUT2D eigenvalue weighted by molar-refractivity contribution is 0.0957. The Hall–Kier alpha value is -1.13. The van der Waals surface area contributed by atoms with Crippen molar-refractivity contribution in [3.05, 3.63) is 42.5 Å². The van der Waals surface area contributed by atoms with Gasteiger partial charge >= 0.3 is 0 Å². The highest BCUT2D eigenvalue weighted by atomic mass is 32.2. The third-order valence-electron chi connectivity index (χ3n) is 2.58. The molecule has 0 spiro atoms. The molecule has 0 aromatic heterocycles. The summed E-state index contributed by atoms with van der Waals surface area (Å²) in [6, 6.07) is 7.08. The number of ketones is 1. The SMILES string of the molecule is C=CCC(C(=O)c1ccc(OC)cc1)C(=S)SC. The maximum absolute atomic E-state index is 12.3. The number of rotatable bonds is 6. The number of carbonyl (C=O) groups excluding carboxylic acids is 1. The van der Waals surface area contributed by atoms with Crippen LogP contribution in [-0.2, 0) is 0 Å². The Morgan fingerprint density at radius 2 is 2.11 bits per heavy atom. The molecular formula is C14H16O2S2. The van der Waals surface area contributed by atoms with Crippen molar-refractivity contribution in [1.82, 2.24) is 0 Å². The second kappa shape index (κ2) is 7.34. The second-order valence-electron chi connectivity index (χ2n) is 3.69. The number of thiocarbonyl (C=S) groups is 1. The predicted octanol–water partition coefficient (Wildman–Crippen LogP) is 3.76. The number of Topliss-reactive ketones (excluding diaryl/α,β-unsaturated/α-hetero) is 1. The lowest BCUT2D eigenvalue weighted by Crippen LogP contribution is -2.20. The van der Waals surface area contributed by atoms with Crippen molar-refractivity contribution in [1.29, 1.82) is 0 Å². The van der Waals surface area contributed by atoms with Crippen LogP contribution in [0.5, 0.6) is 5.75 Å². The average Bonchev–Trinajstić information content (AvgIpc) is 2.43. The molecule has 0 bridgehead atoms. The minimum atomic E-state index is -0.277. The fourth-order valence-electron chi connectivity index (χ4n) is 1.58. The third kappa shape index (κ3) is 3.68. The zero-order valence-corrected chi connectivity index (χ0v) is 12.1. The van der Waals surface area contributed by atoms with Crippen molar-refractivity contribution in [3.63, 3.8) is 0 Å². The molecule has 0 amide bonds. The highest BCUT2D eigenvalue weighted by Crippen LogP contribution is 2.22. The summed E-state index contributed by atoms with van der Waals surface area (Å²) in [6.45, 7) is 3.68. The topological polar surface area (TPSA) is 26.3 Å². The zero-order valence-electron chi connectivity index (χ0n) is 10.5. The van der Waals surface area contributed by atoms with Crippen LogP contribution in [0.15, 0.2) is 36.9 Å². The molecule has 1 atom stereocenters. The number of ether oxygens (including phenoxy) is 1. The van der Waals surface area contributed by atoms with Gasteiger partial charge in [0.1, 0.15) is 5.75 Å². The molecule has 0 aliphatic rings. The number of hydrogen-bond donors (Lipinski definition) is 0. The molecule has 18 heavy (non-hydrogen) atoms. The van der Waals surface area contributed by atoms with Crippen LogP contribution in [0.1, 0.15) is 16.8 Å². The Balaban J connectivity index is 2.93. The van der Waals surface area contributed by atoms with Gasteiger partial charge in [0.05, 0.1) is 17.2 Å². The minimum Gasteiger partial charge on any atom is -0.497 e. The molecule has 4 heteroatoms. The zero-order chi connectivity index (χ0) is 13.5. The molecule has 0 aliphatic carbocycles. The van der Waals surface area contributed by atoms with E-state index < -0.39 is 0 Å². The first-order valence-corrected chi connectivity index (χ1v) is 7.14. The van der Waals surface area contributed by atoms with Crippen molar-refractivity contribution in [3.8, 4) is 5.75 Å². The number of carbonyl (C=O) groups is 1. The number of allylic oxidation sites excluding steroid dienone is 1. The molecule has 96 valence electrons. The summed E-state index contributed by atoms with van der Waals surface area (Å²) in [5, 5.41) is 0. The lowest BCUT2D eigenvalue weighted by Gasteiger charge is -2.14. The summed E-state index contributed by atoms with van der Waals surface area (Å²) < 4.78 is 5.77. The van der Waals surface area contributed by atoms with Gasteiger partial charge in [0.2, 0.25) is 0 Å². The molecule has 1 aromatic carbocycles. The smallest absolute Gasteiger partial charge is 0.172 e. The van der Waals surface area contributed by atoms with Crippen LogP contribution in [0, 0.1) is 5.92 Å². The van der Waals surface area contributed by atoms with Gasteiger partial charge in [0, 0.05) is 5.56 Å². The second-order valence-corrected chi connectivity index (χ2v) is 5.24. The molecule has 1 rings (SSSR count). The maximum Gasteiger partial charge on any atom is 0.172 e. The lowest BCUT2D eigenvalue weighted by atomic mass is 9.96. The maximum atomic E-state index is 12.3. The van der Waals surface area contributed by atoms with E-state index >= 15 is 0 Å². The van der Waals surface area contributed by atoms with E-state index in [0.29, 0.717) is 16.2 Å². The summed E-state index contributed by atoms with van der Waals surface area (Å²) in [5.41, 5.74) is 0.652. The Kier molecular flexibility index (Phi) is 6.09. The van der Waals surface area contributed by atoms with E-state index in [1.165, 1.54) is 11.8 Å². The molecule has 2 nitrogen and oxygen atoms in total. The van der Waals surface area contributed by atoms with Crippen molar-refractivity contribution >= 4 is 34.0 Å². The Morgan fingerprint density at radius 3 is 2.56 bits per heavy atom. The highest BCUT2D eigenvalue weighted by Gasteiger charge is 2.22. The monoisotopic (exact) mass is 280 g/mol. The molecule has 1 aromatic rings. The molecule has 0 N–H and O–H groups in total. The first-order chi connectivity index (χ1) is 8.63. The average molecular weight is 280 g/mol. The van der Waals surface area contributed by atoms with E-state index in [0.717, 1.165) is 5.75 Å². The normalized spacial score (nSPS) is 11.7. The van der Waals surface area contributed by atoms with Gasteiger partial charge in [0.15, 0.2) is 5.78 Å². The van der Waals surface area contributed by atoms with E-state index in [9.17, 15) is 4.79 Å². The number of methoxy groups -OCH3 is 1. The van der Waals surface area contributed by atoms with Gasteiger partial charge in [-0.25, -0.2) is 0 Å². The van der Waals surface area contributed by atoms with Gasteiger partial charge in [-0.15, -0.1) is 18.3 Å². The number of thioether (sulfide) groups is 1. The molecule has 1 unspecified atom stereocenters. The molecule has 0 saturated heterocycles. The minimum absolute atomic E-state index is 0.0388. The van der Waals surface area contributed by atoms with Crippen LogP contribution in [0.25, 0.3) is 0 Å². The quantitative estimate of drug-likeness (QED) is 0.450. The van der Waals surface area contributed by atoms with Crippen LogP contribution in [0.3, 0.4) is 0 Å². The van der Waals surface area contributed by atoms with Gasteiger partial charge in [0.25, 0.3) is 0 Å². The van der Waals surface area contributed by atoms with E-state index in [2.05, 4.69) is 6.58 Å². The summed E-state index contributed by atoms with van der Waals surface area (Å²) in [4.78, 5) is 12.3. The molecular weight excluding hydrogens is 264 g/mol. The standard InChI is InChI=1S/C14H16O2S2/c1-4-5-12(14(17)18-3)13(15)10-6-8-11(16-2)9-7-10/h4,6-9,12H,1,5H2,2-3H3. The van der Waals surface area contributed by atoms with Crippen LogP contribution < -0.4 is 4.74 Å². The van der Waals surface area contributed by atoms with E-state index in [4.69, 9.17) is 17.0 Å². The largest absolute Gasteiger partial charge is 0.497 e. The molecule has 0 fully saturated rings. The van der Waals surface area contributed by atoms with Crippen LogP contribution in [0.4, 0.5) is 0 Å². The van der Waals surface area contributed by atoms with Crippen LogP contribution in [-0.4, -0.2) is 23.3 Å². The van der Waals surface area contributed by atoms with Gasteiger partial charge in [-0.3, -0.25) is 4.79 Å². The molecule has 0 aliphatic heterocycles. The molecule has 0 heterocycles. The first-order valence-electron chi connectivity index (χ1n) is 5.51. The van der Waals surface area contributed by atoms with E-state index in [-0.39, 0.29) is 11.7 Å². The number of hydrogen-bond acceptors (Lipinski definition) is 4. The van der Waals surface area contributed by atoms with Crippen molar-refractivity contribution in [2.75, 3.05) is 13.4 Å². The fourth-order valence-corrected chi connectivity index (χ4v) is 2.27. The highest BCUT2D eigenvalue weighted by molar-refractivity contribution is 8.22. The number of benzene rings is 1. The van der Waals surface area contributed by atoms with Crippen molar-refractivity contribution in [2.45, 2.75) is 6.42 Å². The Bertz CT molecular complexity index is 438. The van der Waals surface area contributed by atoms with Gasteiger partial charge < -0.3 is 4.74 Å². The van der Waals surface area contributed by atoms with Crippen LogP contribution in [0.2, 0.25) is 0 Å². The van der Waals surface area contributed by atoms with Gasteiger partial charge in [-0.05, 0) is 36.9 Å².